The van der Waals surface area contributed by atoms with Gasteiger partial charge in [-0.15, -0.1) is 0 Å². The Kier molecular flexibility index (Phi) is 8.54. The van der Waals surface area contributed by atoms with Crippen LogP contribution in [-0.4, -0.2) is 81.4 Å². The van der Waals surface area contributed by atoms with E-state index in [-0.39, 0.29) is 23.6 Å². The van der Waals surface area contributed by atoms with Crippen LogP contribution < -0.4 is 19.7 Å². The number of nitrogens with one attached hydrogen (secondary N) is 1. The van der Waals surface area contributed by atoms with Crippen molar-refractivity contribution in [3.8, 4) is 17.4 Å². The molecular formula is C27H32ClN7O5. The summed E-state index contributed by atoms with van der Waals surface area (Å²) in [5, 5.41) is 3.24. The minimum atomic E-state index is -0.448. The minimum absolute atomic E-state index is 0.0872. The van der Waals surface area contributed by atoms with Crippen LogP contribution in [0, 0.1) is 0 Å². The summed E-state index contributed by atoms with van der Waals surface area (Å²) in [5.74, 6) is 2.15. The predicted octanol–water partition coefficient (Wildman–Crippen LogP) is 3.22. The molecule has 2 unspecified atom stereocenters. The molecule has 1 saturated heterocycles. The zero-order valence-corrected chi connectivity index (χ0v) is 23.2. The lowest BCUT2D eigenvalue weighted by atomic mass is 10.1. The number of imidazole rings is 1. The smallest absolute Gasteiger partial charge is 0.410 e. The van der Waals surface area contributed by atoms with Crippen LogP contribution in [0.1, 0.15) is 32.3 Å². The summed E-state index contributed by atoms with van der Waals surface area (Å²) < 4.78 is 18.5. The maximum Gasteiger partial charge on any atom is 0.410 e. The fraction of sp³-hybridized carbons (Fsp3) is 0.444. The second-order valence-corrected chi connectivity index (χ2v) is 10.1. The Balaban J connectivity index is 1.29. The van der Waals surface area contributed by atoms with Gasteiger partial charge in [-0.25, -0.2) is 14.8 Å². The first-order valence-electron chi connectivity index (χ1n) is 13.3. The van der Waals surface area contributed by atoms with Gasteiger partial charge in [0, 0.05) is 51.1 Å². The van der Waals surface area contributed by atoms with Crippen LogP contribution in [0.4, 0.5) is 10.6 Å². The number of ether oxygens (including phenoxy) is 3. The lowest BCUT2D eigenvalue weighted by molar-refractivity contribution is -0.122. The Hall–Kier alpha value is -4.06. The Morgan fingerprint density at radius 1 is 1.18 bits per heavy atom. The number of piperazine rings is 1. The number of hydrogen-bond acceptors (Lipinski definition) is 9. The first kappa shape index (κ1) is 27.5. The highest BCUT2D eigenvalue weighted by atomic mass is 35.5. The molecule has 4 heterocycles. The number of benzene rings is 1. The van der Waals surface area contributed by atoms with Crippen molar-refractivity contribution in [2.45, 2.75) is 45.4 Å². The summed E-state index contributed by atoms with van der Waals surface area (Å²) in [6.07, 6.45) is 5.07. The molecule has 2 aromatic heterocycles. The SMILES string of the molecule is CCC(C)OC(=O)N1CCN(c2cc(Cl)nc(-n3ccnc3)n2)CC1CC(=O)NCc1ccc2c(c1)OCCO2. The second kappa shape index (κ2) is 12.4. The van der Waals surface area contributed by atoms with E-state index >= 15 is 0 Å². The van der Waals surface area contributed by atoms with Gasteiger partial charge in [0.05, 0.1) is 6.04 Å². The number of nitrogens with zero attached hydrogens (tertiary/aromatic N) is 6. The summed E-state index contributed by atoms with van der Waals surface area (Å²) >= 11 is 6.33. The van der Waals surface area contributed by atoms with Crippen molar-refractivity contribution in [2.75, 3.05) is 37.7 Å². The molecule has 2 aliphatic rings. The molecule has 1 aromatic carbocycles. The monoisotopic (exact) mass is 569 g/mol. The lowest BCUT2D eigenvalue weighted by Gasteiger charge is -2.41. The molecule has 2 amide bonds. The van der Waals surface area contributed by atoms with Gasteiger partial charge in [-0.1, -0.05) is 24.6 Å². The van der Waals surface area contributed by atoms with E-state index in [2.05, 4.69) is 20.3 Å². The number of carbonyl (C=O) groups excluding carboxylic acids is 2. The molecule has 0 aliphatic carbocycles. The number of anilines is 1. The van der Waals surface area contributed by atoms with Crippen LogP contribution in [0.25, 0.3) is 5.95 Å². The normalized spacial score (nSPS) is 17.3. The zero-order valence-electron chi connectivity index (χ0n) is 22.5. The summed E-state index contributed by atoms with van der Waals surface area (Å²) in [6, 6.07) is 6.82. The highest BCUT2D eigenvalue weighted by molar-refractivity contribution is 6.29. The Labute approximate surface area is 237 Å². The molecule has 1 N–H and O–H groups in total. The second-order valence-electron chi connectivity index (χ2n) is 9.67. The maximum absolute atomic E-state index is 13.1. The van der Waals surface area contributed by atoms with E-state index in [1.165, 1.54) is 0 Å². The predicted molar refractivity (Wildman–Crippen MR) is 147 cm³/mol. The highest BCUT2D eigenvalue weighted by Gasteiger charge is 2.34. The van der Waals surface area contributed by atoms with Gasteiger partial charge in [0.15, 0.2) is 11.5 Å². The third kappa shape index (κ3) is 6.56. The van der Waals surface area contributed by atoms with Crippen LogP contribution in [0.3, 0.4) is 0 Å². The van der Waals surface area contributed by atoms with Crippen LogP contribution in [-0.2, 0) is 16.1 Å². The van der Waals surface area contributed by atoms with E-state index in [1.807, 2.05) is 36.9 Å². The number of hydrogen-bond donors (Lipinski definition) is 1. The summed E-state index contributed by atoms with van der Waals surface area (Å²) in [4.78, 5) is 42.8. The molecule has 3 aromatic rings. The number of aromatic nitrogens is 4. The number of rotatable bonds is 8. The molecule has 0 radical (unpaired) electrons. The number of amides is 2. The molecule has 5 rings (SSSR count). The number of carbonyl (C=O) groups is 2. The quantitative estimate of drug-likeness (QED) is 0.407. The lowest BCUT2D eigenvalue weighted by Crippen LogP contribution is -2.57. The van der Waals surface area contributed by atoms with Gasteiger partial charge in [-0.2, -0.15) is 4.98 Å². The molecule has 1 fully saturated rings. The molecule has 40 heavy (non-hydrogen) atoms. The number of halogens is 1. The molecule has 0 saturated carbocycles. The third-order valence-electron chi connectivity index (χ3n) is 6.84. The molecule has 2 aliphatic heterocycles. The van der Waals surface area contributed by atoms with Crippen molar-refractivity contribution in [3.63, 3.8) is 0 Å². The molecule has 0 bridgehead atoms. The topological polar surface area (TPSA) is 124 Å². The van der Waals surface area contributed by atoms with Gasteiger partial charge in [-0.3, -0.25) is 9.36 Å². The average molecular weight is 570 g/mol. The molecule has 13 heteroatoms. The van der Waals surface area contributed by atoms with Crippen LogP contribution in [0.15, 0.2) is 43.0 Å². The van der Waals surface area contributed by atoms with E-state index in [1.54, 1.807) is 34.3 Å². The Bertz CT molecular complexity index is 1340. The van der Waals surface area contributed by atoms with E-state index in [9.17, 15) is 9.59 Å². The summed E-state index contributed by atoms with van der Waals surface area (Å²) in [5.41, 5.74) is 0.888. The Morgan fingerprint density at radius 2 is 2.00 bits per heavy atom. The first-order valence-corrected chi connectivity index (χ1v) is 13.7. The van der Waals surface area contributed by atoms with E-state index in [0.717, 1.165) is 5.56 Å². The highest BCUT2D eigenvalue weighted by Crippen LogP contribution is 2.30. The fourth-order valence-corrected chi connectivity index (χ4v) is 4.71. The van der Waals surface area contributed by atoms with Gasteiger partial charge >= 0.3 is 6.09 Å². The van der Waals surface area contributed by atoms with Gasteiger partial charge < -0.3 is 29.3 Å². The molecule has 2 atom stereocenters. The van der Waals surface area contributed by atoms with Crippen molar-refractivity contribution in [2.24, 2.45) is 0 Å². The number of fused-ring (bicyclic) bond motifs is 1. The van der Waals surface area contributed by atoms with Crippen molar-refractivity contribution >= 4 is 29.4 Å². The van der Waals surface area contributed by atoms with Gasteiger partial charge in [0.2, 0.25) is 11.9 Å². The van der Waals surface area contributed by atoms with Crippen LogP contribution in [0.5, 0.6) is 11.5 Å². The minimum Gasteiger partial charge on any atom is -0.486 e. The molecule has 212 valence electrons. The van der Waals surface area contributed by atoms with Gasteiger partial charge in [-0.05, 0) is 31.0 Å². The maximum atomic E-state index is 13.1. The van der Waals surface area contributed by atoms with Gasteiger partial charge in [0.25, 0.3) is 0 Å². The summed E-state index contributed by atoms with van der Waals surface area (Å²) in [6.45, 7) is 6.34. The van der Waals surface area contributed by atoms with Gasteiger partial charge in [0.1, 0.15) is 36.6 Å². The zero-order chi connectivity index (χ0) is 28.1. The van der Waals surface area contributed by atoms with E-state index in [4.69, 9.17) is 25.8 Å². The van der Waals surface area contributed by atoms with Crippen molar-refractivity contribution in [1.82, 2.24) is 29.7 Å². The average Bonchev–Trinajstić information content (AvgIpc) is 3.51. The van der Waals surface area contributed by atoms with E-state index < -0.39 is 12.1 Å². The largest absolute Gasteiger partial charge is 0.486 e. The standard InChI is InChI=1S/C27H32ClN7O5/c1-3-18(2)40-27(37)35-9-8-33(24-14-23(28)31-26(32-24)34-7-6-29-17-34)16-20(35)13-25(36)30-15-19-4-5-21-22(12-19)39-11-10-38-21/h4-7,12,14,17-18,20H,3,8-11,13,15-16H2,1-2H3,(H,30,36). The first-order chi connectivity index (χ1) is 19.4. The van der Waals surface area contributed by atoms with Crippen molar-refractivity contribution < 1.29 is 23.8 Å². The third-order valence-corrected chi connectivity index (χ3v) is 7.03. The molecule has 12 nitrogen and oxygen atoms in total. The fourth-order valence-electron chi connectivity index (χ4n) is 4.54. The van der Waals surface area contributed by atoms with Crippen molar-refractivity contribution in [1.29, 1.82) is 0 Å². The summed E-state index contributed by atoms with van der Waals surface area (Å²) in [7, 11) is 0. The molecular weight excluding hydrogens is 538 g/mol. The molecule has 0 spiro atoms. The Morgan fingerprint density at radius 3 is 2.77 bits per heavy atom. The van der Waals surface area contributed by atoms with Crippen LogP contribution in [0.2, 0.25) is 5.15 Å². The van der Waals surface area contributed by atoms with Crippen LogP contribution >= 0.6 is 11.6 Å². The van der Waals surface area contributed by atoms with E-state index in [0.29, 0.717) is 69.1 Å². The van der Waals surface area contributed by atoms with Crippen molar-refractivity contribution in [3.05, 3.63) is 53.7 Å².